The van der Waals surface area contributed by atoms with Crippen molar-refractivity contribution in [1.82, 2.24) is 0 Å². The molecule has 0 aliphatic carbocycles. The van der Waals surface area contributed by atoms with E-state index in [9.17, 15) is 177 Å². The summed E-state index contributed by atoms with van der Waals surface area (Å²) in [5, 5.41) is 308. The number of carbonyl (C=O) groups is 8. The van der Waals surface area contributed by atoms with Gasteiger partial charge in [-0.25, -0.2) is 47.9 Å². The second kappa shape index (κ2) is 32.2. The van der Waals surface area contributed by atoms with Gasteiger partial charge in [-0.15, -0.1) is 0 Å². The molecule has 2 saturated heterocycles. The molecule has 0 amide bonds. The first-order chi connectivity index (χ1) is 63.2. The number of aliphatic hydroxyl groups is 2. The summed E-state index contributed by atoms with van der Waals surface area (Å²) in [4.78, 5) is 145. The Morgan fingerprint density at radius 3 is 1.09 bits per heavy atom. The molecule has 28 N–H and O–H groups in total. The molecule has 0 spiro atoms. The number of aliphatic hydroxyl groups excluding tert-OH is 2. The van der Waals surface area contributed by atoms with Gasteiger partial charge in [-0.05, 0) is 48.5 Å². The largest absolute Gasteiger partial charge is 0.504 e. The highest BCUT2D eigenvalue weighted by Crippen LogP contribution is 2.59. The number of phenolic OH excluding ortho intramolecular Hbond substituents is 26. The number of cyclic esters (lactones) is 2. The molecule has 2 aromatic heterocycles. The quantitative estimate of drug-likeness (QED) is 0.0274. The Morgan fingerprint density at radius 2 is 0.642 bits per heavy atom. The molecule has 0 saturated carbocycles. The van der Waals surface area contributed by atoms with Gasteiger partial charge < -0.3 is 209 Å². The number of hydrogen-bond donors (Lipinski definition) is 28. The van der Waals surface area contributed by atoms with E-state index >= 15 is 14.4 Å². The number of esters is 8. The van der Waals surface area contributed by atoms with Gasteiger partial charge in [0.15, 0.2) is 175 Å². The molecular formula is C82H54O52. The summed E-state index contributed by atoms with van der Waals surface area (Å²) in [5.41, 5.74) is -20.2. The van der Waals surface area contributed by atoms with Gasteiger partial charge >= 0.3 is 59.0 Å². The molecule has 694 valence electrons. The molecule has 2 fully saturated rings. The van der Waals surface area contributed by atoms with Crippen LogP contribution in [0.2, 0.25) is 0 Å². The summed E-state index contributed by atoms with van der Waals surface area (Å²) < 4.78 is 77.8. The van der Waals surface area contributed by atoms with E-state index in [1.54, 1.807) is 0 Å². The van der Waals surface area contributed by atoms with E-state index in [1.807, 2.05) is 0 Å². The number of rotatable bonds is 12. The van der Waals surface area contributed by atoms with Crippen LogP contribution in [0, 0.1) is 0 Å². The Balaban J connectivity index is 0.764. The lowest BCUT2D eigenvalue weighted by Gasteiger charge is -2.42. The minimum Gasteiger partial charge on any atom is -0.504 e. The SMILES string of the molecule is O=C(OC1C(OC(=O)c2c(Oc3cc4c(c(O)c3O)-c3c(cc(O)c(O)c3O)C(=O)OC3C(COC4=O)OC(O)C(OC(=O)c4cc(O)c(O)c(O)c4Oc4cc5c(=O)oc6c(O)c(O)cc7c(=O)oc(c4O)c5c67)C3OC(=O)c3cc(O)c(O)c(O)c3)cc(O)c(O)c2O)C(O)OC2COC(=O)c3cc(O)c(O)c(O)c3-c3c(cc(O)c(O)c3O)C(=O)OC21)c1cc(O)c(O)c(O)c1. The van der Waals surface area contributed by atoms with Crippen LogP contribution in [0.5, 0.6) is 172 Å². The van der Waals surface area contributed by atoms with Crippen molar-refractivity contribution in [3.63, 3.8) is 0 Å². The highest BCUT2D eigenvalue weighted by Gasteiger charge is 2.57. The molecule has 12 aromatic rings. The standard InChI is InChI=1S/C82H54O52/c83-24-1-15(2-25(84)46(24)93)71(109)131-67-63-38(125-81(119)69(67)133-79(117)23-9-31(90)52(99)61(108)62(23)124-36-11-22-44-43-20(77(115)130-66(44)55(36)102)8-32(91)53(100)65(43)129-78(22)116)14-122-74(112)21-10-35(54(101)59(106)42(21)41-19(76(114)127-63)7-30(89)50(97)58(41)105)123-34-12-33(92)51(98)60(107)45(34)80(118)134-70-68(132-72(110)16-3-26(85)47(94)27(86)4-16)64-37(126-82(70)120)13-121-73(111)17-5-28(87)48(95)56(103)39(17)40-18(75(113)128-64)6-29(88)49(96)57(40)104/h1-12,37-38,63-64,67-70,81-108,119-120H,13-14H2. The number of ether oxygens (including phenoxy) is 12. The Bertz CT molecular complexity index is 7280. The zero-order valence-electron chi connectivity index (χ0n) is 65.4. The monoisotopic (exact) mass is 1870 g/mol. The van der Waals surface area contributed by atoms with Crippen molar-refractivity contribution in [3.8, 4) is 195 Å². The van der Waals surface area contributed by atoms with E-state index in [4.69, 9.17) is 65.7 Å². The van der Waals surface area contributed by atoms with Crippen molar-refractivity contribution in [1.29, 1.82) is 0 Å². The van der Waals surface area contributed by atoms with Crippen LogP contribution in [0.4, 0.5) is 0 Å². The molecule has 4 aliphatic rings. The molecule has 6 heterocycles. The minimum absolute atomic E-state index is 0.155. The van der Waals surface area contributed by atoms with E-state index in [2.05, 4.69) is 0 Å². The van der Waals surface area contributed by atoms with Crippen molar-refractivity contribution in [2.45, 2.75) is 61.4 Å². The maximum absolute atomic E-state index is 15.3. The number of benzene rings is 10. The first-order valence-corrected chi connectivity index (χ1v) is 37.2. The molecule has 10 unspecified atom stereocenters. The smallest absolute Gasteiger partial charge is 0.346 e. The van der Waals surface area contributed by atoms with Crippen molar-refractivity contribution >= 4 is 80.5 Å². The van der Waals surface area contributed by atoms with E-state index < -0.39 is 406 Å². The van der Waals surface area contributed by atoms with Gasteiger partial charge in [-0.2, -0.15) is 0 Å². The van der Waals surface area contributed by atoms with Gasteiger partial charge in [0.1, 0.15) is 42.3 Å². The van der Waals surface area contributed by atoms with E-state index in [0.29, 0.717) is 42.5 Å². The second-order valence-electron chi connectivity index (χ2n) is 29.2. The van der Waals surface area contributed by atoms with Gasteiger partial charge in [0.2, 0.25) is 51.7 Å². The molecule has 16 rings (SSSR count). The average Bonchev–Trinajstić information content (AvgIpc) is 0.742. The predicted molar refractivity (Wildman–Crippen MR) is 418 cm³/mol. The van der Waals surface area contributed by atoms with Crippen LogP contribution < -0.4 is 20.7 Å². The molecule has 52 heteroatoms. The summed E-state index contributed by atoms with van der Waals surface area (Å²) in [6.07, 6.45) is -27.7. The van der Waals surface area contributed by atoms with E-state index in [1.165, 1.54) is 0 Å². The topological polar surface area (TPSA) is 874 Å². The van der Waals surface area contributed by atoms with Gasteiger partial charge in [-0.3, -0.25) is 0 Å². The third-order valence-corrected chi connectivity index (χ3v) is 21.2. The maximum atomic E-state index is 15.3. The van der Waals surface area contributed by atoms with E-state index in [0.717, 1.165) is 0 Å². The van der Waals surface area contributed by atoms with Crippen molar-refractivity contribution in [2.24, 2.45) is 0 Å². The number of carbonyl (C=O) groups excluding carboxylic acids is 8. The summed E-state index contributed by atoms with van der Waals surface area (Å²) >= 11 is 0. The molecule has 4 aliphatic heterocycles. The van der Waals surface area contributed by atoms with Crippen LogP contribution >= 0.6 is 0 Å². The Hall–Kier alpha value is -18.9. The predicted octanol–water partition coefficient (Wildman–Crippen LogP) is 3.48. The lowest BCUT2D eigenvalue weighted by molar-refractivity contribution is -0.284. The van der Waals surface area contributed by atoms with Crippen LogP contribution in [-0.4, -0.2) is 265 Å². The summed E-state index contributed by atoms with van der Waals surface area (Å²) in [7, 11) is 0. The van der Waals surface area contributed by atoms with Crippen LogP contribution in [0.3, 0.4) is 0 Å². The first kappa shape index (κ1) is 88.6. The summed E-state index contributed by atoms with van der Waals surface area (Å²) in [5.74, 6) is -60.0. The molecule has 0 bridgehead atoms. The van der Waals surface area contributed by atoms with Gasteiger partial charge in [-0.1, -0.05) is 0 Å². The van der Waals surface area contributed by atoms with Crippen molar-refractivity contribution in [3.05, 3.63) is 138 Å². The summed E-state index contributed by atoms with van der Waals surface area (Å²) in [6, 6.07) is 4.39. The average molecular weight is 1870 g/mol. The van der Waals surface area contributed by atoms with Crippen LogP contribution in [0.15, 0.2) is 91.2 Å². The van der Waals surface area contributed by atoms with Gasteiger partial charge in [0.25, 0.3) is 0 Å². The number of aromatic hydroxyl groups is 26. The van der Waals surface area contributed by atoms with Crippen LogP contribution in [0.1, 0.15) is 82.9 Å². The third kappa shape index (κ3) is 14.3. The fraction of sp³-hybridized carbons (Fsp3) is 0.146. The fourth-order valence-corrected chi connectivity index (χ4v) is 14.9. The highest BCUT2D eigenvalue weighted by atomic mass is 16.7. The molecule has 10 aromatic carbocycles. The zero-order valence-corrected chi connectivity index (χ0v) is 65.4. The number of hydrogen-bond acceptors (Lipinski definition) is 52. The van der Waals surface area contributed by atoms with Crippen LogP contribution in [0.25, 0.3) is 55.0 Å². The molecule has 134 heavy (non-hydrogen) atoms. The Kier molecular flexibility index (Phi) is 21.3. The van der Waals surface area contributed by atoms with Gasteiger partial charge in [0.05, 0.1) is 44.2 Å². The van der Waals surface area contributed by atoms with Crippen molar-refractivity contribution < 1.29 is 247 Å². The number of phenols is 26. The highest BCUT2D eigenvalue weighted by molar-refractivity contribution is 6.22. The van der Waals surface area contributed by atoms with Crippen molar-refractivity contribution in [2.75, 3.05) is 13.2 Å². The molecule has 52 nitrogen and oxygen atoms in total. The third-order valence-electron chi connectivity index (χ3n) is 21.2. The van der Waals surface area contributed by atoms with Crippen LogP contribution in [-0.2, 0) is 47.4 Å². The fourth-order valence-electron chi connectivity index (χ4n) is 14.9. The summed E-state index contributed by atoms with van der Waals surface area (Å²) in [6.45, 7) is -3.01. The number of fused-ring (bicyclic) bond motifs is 8. The minimum atomic E-state index is -2.97. The van der Waals surface area contributed by atoms with Gasteiger partial charge in [0, 0.05) is 57.3 Å². The molecule has 0 radical (unpaired) electrons. The maximum Gasteiger partial charge on any atom is 0.346 e. The first-order valence-electron chi connectivity index (χ1n) is 37.2. The lowest BCUT2D eigenvalue weighted by Crippen LogP contribution is -2.62. The Labute approximate surface area is 732 Å². The second-order valence-corrected chi connectivity index (χ2v) is 29.2. The molecular weight excluding hydrogens is 1820 g/mol. The zero-order chi connectivity index (χ0) is 97.1. The Morgan fingerprint density at radius 1 is 0.299 bits per heavy atom. The molecule has 10 atom stereocenters. The normalized spacial score (nSPS) is 19.4. The lowest BCUT2D eigenvalue weighted by atomic mass is 9.91. The van der Waals surface area contributed by atoms with E-state index in [-0.39, 0.29) is 30.3 Å².